The quantitative estimate of drug-likeness (QED) is 0.769. The summed E-state index contributed by atoms with van der Waals surface area (Å²) in [6.45, 7) is 6.83. The van der Waals surface area contributed by atoms with Crippen LogP contribution in [-0.2, 0) is 4.79 Å². The van der Waals surface area contributed by atoms with Crippen LogP contribution in [0.2, 0.25) is 0 Å². The van der Waals surface area contributed by atoms with E-state index in [0.29, 0.717) is 17.9 Å². The Morgan fingerprint density at radius 2 is 2.00 bits per heavy atom. The zero-order chi connectivity index (χ0) is 14.0. The SMILES string of the molecule is CC1CCC(C(C)C)C(NC(=O)C2C=CC(N)C2)C1. The molecule has 2 rings (SSSR count). The van der Waals surface area contributed by atoms with Crippen LogP contribution in [0.3, 0.4) is 0 Å². The lowest BCUT2D eigenvalue weighted by molar-refractivity contribution is -0.125. The third-order valence-electron chi connectivity index (χ3n) is 4.80. The molecular formula is C16H28N2O. The second-order valence-electron chi connectivity index (χ2n) is 6.83. The highest BCUT2D eigenvalue weighted by Gasteiger charge is 2.33. The van der Waals surface area contributed by atoms with Crippen molar-refractivity contribution in [2.45, 2.75) is 58.5 Å². The molecule has 108 valence electrons. The number of rotatable bonds is 3. The molecule has 0 aliphatic heterocycles. The summed E-state index contributed by atoms with van der Waals surface area (Å²) in [5, 5.41) is 3.30. The minimum absolute atomic E-state index is 0.0138. The van der Waals surface area contributed by atoms with Crippen molar-refractivity contribution in [1.82, 2.24) is 5.32 Å². The van der Waals surface area contributed by atoms with Crippen molar-refractivity contribution in [3.05, 3.63) is 12.2 Å². The third-order valence-corrected chi connectivity index (χ3v) is 4.80. The van der Waals surface area contributed by atoms with Crippen molar-refractivity contribution < 1.29 is 4.79 Å². The molecule has 0 aromatic heterocycles. The number of nitrogens with one attached hydrogen (secondary N) is 1. The van der Waals surface area contributed by atoms with Crippen LogP contribution in [-0.4, -0.2) is 18.0 Å². The average molecular weight is 264 g/mol. The predicted molar refractivity (Wildman–Crippen MR) is 78.5 cm³/mol. The first kappa shape index (κ1) is 14.6. The predicted octanol–water partition coefficient (Wildman–Crippen LogP) is 2.47. The maximum atomic E-state index is 12.3. The Bertz CT molecular complexity index is 351. The summed E-state index contributed by atoms with van der Waals surface area (Å²) in [5.74, 6) is 2.15. The first-order valence-corrected chi connectivity index (χ1v) is 7.71. The van der Waals surface area contributed by atoms with Crippen molar-refractivity contribution in [2.24, 2.45) is 29.4 Å². The molecule has 2 aliphatic rings. The van der Waals surface area contributed by atoms with Gasteiger partial charge in [-0.2, -0.15) is 0 Å². The fourth-order valence-electron chi connectivity index (χ4n) is 3.58. The molecule has 3 nitrogen and oxygen atoms in total. The van der Waals surface area contributed by atoms with Crippen LogP contribution in [0.15, 0.2) is 12.2 Å². The zero-order valence-electron chi connectivity index (χ0n) is 12.4. The molecular weight excluding hydrogens is 236 g/mol. The van der Waals surface area contributed by atoms with Gasteiger partial charge in [0.25, 0.3) is 0 Å². The van der Waals surface area contributed by atoms with Crippen LogP contribution in [0.5, 0.6) is 0 Å². The van der Waals surface area contributed by atoms with Crippen LogP contribution in [0.1, 0.15) is 46.5 Å². The lowest BCUT2D eigenvalue weighted by Crippen LogP contribution is -2.47. The Morgan fingerprint density at radius 3 is 2.58 bits per heavy atom. The van der Waals surface area contributed by atoms with Crippen LogP contribution >= 0.6 is 0 Å². The van der Waals surface area contributed by atoms with Crippen molar-refractivity contribution in [3.8, 4) is 0 Å². The van der Waals surface area contributed by atoms with Gasteiger partial charge >= 0.3 is 0 Å². The first-order chi connectivity index (χ1) is 8.97. The largest absolute Gasteiger partial charge is 0.353 e. The number of nitrogens with two attached hydrogens (primary N) is 1. The Morgan fingerprint density at radius 1 is 1.26 bits per heavy atom. The lowest BCUT2D eigenvalue weighted by atomic mass is 9.74. The molecule has 2 aliphatic carbocycles. The standard InChI is InChI=1S/C16H28N2O/c1-10(2)14-7-4-11(3)8-15(14)18-16(19)12-5-6-13(17)9-12/h5-6,10-15H,4,7-9,17H2,1-3H3,(H,18,19). The lowest BCUT2D eigenvalue weighted by Gasteiger charge is -2.38. The fraction of sp³-hybridized carbons (Fsp3) is 0.812. The van der Waals surface area contributed by atoms with Gasteiger partial charge in [0.05, 0.1) is 5.92 Å². The fourth-order valence-corrected chi connectivity index (χ4v) is 3.58. The van der Waals surface area contributed by atoms with Crippen LogP contribution in [0.25, 0.3) is 0 Å². The first-order valence-electron chi connectivity index (χ1n) is 7.71. The van der Waals surface area contributed by atoms with Crippen molar-refractivity contribution in [2.75, 3.05) is 0 Å². The highest BCUT2D eigenvalue weighted by Crippen LogP contribution is 2.33. The van der Waals surface area contributed by atoms with E-state index in [1.54, 1.807) is 0 Å². The number of carbonyl (C=O) groups excluding carboxylic acids is 1. The van der Waals surface area contributed by atoms with Gasteiger partial charge in [0.1, 0.15) is 0 Å². The maximum absolute atomic E-state index is 12.3. The van der Waals surface area contributed by atoms with Gasteiger partial charge in [-0.1, -0.05) is 39.3 Å². The summed E-state index contributed by atoms with van der Waals surface area (Å²) in [4.78, 5) is 12.3. The zero-order valence-corrected chi connectivity index (χ0v) is 12.4. The molecule has 5 unspecified atom stereocenters. The topological polar surface area (TPSA) is 55.1 Å². The van der Waals surface area contributed by atoms with Gasteiger partial charge in [-0.15, -0.1) is 0 Å². The number of amides is 1. The molecule has 5 atom stereocenters. The molecule has 0 aromatic rings. The van der Waals surface area contributed by atoms with Crippen molar-refractivity contribution in [1.29, 1.82) is 0 Å². The summed E-state index contributed by atoms with van der Waals surface area (Å²) in [6, 6.07) is 0.406. The number of hydrogen-bond acceptors (Lipinski definition) is 2. The molecule has 0 heterocycles. The summed E-state index contributed by atoms with van der Waals surface area (Å²) in [5.41, 5.74) is 5.83. The van der Waals surface area contributed by atoms with E-state index in [2.05, 4.69) is 26.1 Å². The molecule has 0 aromatic carbocycles. The Kier molecular flexibility index (Phi) is 4.67. The van der Waals surface area contributed by atoms with Crippen LogP contribution < -0.4 is 11.1 Å². The van der Waals surface area contributed by atoms with E-state index < -0.39 is 0 Å². The molecule has 0 radical (unpaired) electrons. The molecule has 0 saturated heterocycles. The molecule has 3 heteroatoms. The van der Waals surface area contributed by atoms with Gasteiger partial charge in [-0.25, -0.2) is 0 Å². The molecule has 1 saturated carbocycles. The van der Waals surface area contributed by atoms with E-state index in [9.17, 15) is 4.79 Å². The molecule has 0 bridgehead atoms. The summed E-state index contributed by atoms with van der Waals surface area (Å²) in [7, 11) is 0. The average Bonchev–Trinajstić information content (AvgIpc) is 2.75. The van der Waals surface area contributed by atoms with E-state index in [1.165, 1.54) is 12.8 Å². The normalized spacial score (nSPS) is 38.7. The molecule has 3 N–H and O–H groups in total. The second-order valence-corrected chi connectivity index (χ2v) is 6.83. The van der Waals surface area contributed by atoms with E-state index in [1.807, 2.05) is 12.2 Å². The van der Waals surface area contributed by atoms with Gasteiger partial charge < -0.3 is 11.1 Å². The Labute approximate surface area is 117 Å². The van der Waals surface area contributed by atoms with E-state index in [4.69, 9.17) is 5.73 Å². The Balaban J connectivity index is 1.95. The molecule has 1 amide bonds. The van der Waals surface area contributed by atoms with Gasteiger partial charge in [-0.3, -0.25) is 4.79 Å². The monoisotopic (exact) mass is 264 g/mol. The maximum Gasteiger partial charge on any atom is 0.227 e. The van der Waals surface area contributed by atoms with E-state index >= 15 is 0 Å². The van der Waals surface area contributed by atoms with Crippen LogP contribution in [0.4, 0.5) is 0 Å². The van der Waals surface area contributed by atoms with Gasteiger partial charge in [0.15, 0.2) is 0 Å². The minimum Gasteiger partial charge on any atom is -0.353 e. The Hall–Kier alpha value is -0.830. The smallest absolute Gasteiger partial charge is 0.227 e. The van der Waals surface area contributed by atoms with Gasteiger partial charge in [0.2, 0.25) is 5.91 Å². The molecule has 19 heavy (non-hydrogen) atoms. The van der Waals surface area contributed by atoms with Crippen molar-refractivity contribution in [3.63, 3.8) is 0 Å². The molecule has 1 fully saturated rings. The highest BCUT2D eigenvalue weighted by atomic mass is 16.1. The van der Waals surface area contributed by atoms with Gasteiger partial charge in [-0.05, 0) is 37.0 Å². The van der Waals surface area contributed by atoms with E-state index in [0.717, 1.165) is 18.8 Å². The molecule has 0 spiro atoms. The summed E-state index contributed by atoms with van der Waals surface area (Å²) < 4.78 is 0. The third kappa shape index (κ3) is 3.59. The summed E-state index contributed by atoms with van der Waals surface area (Å²) >= 11 is 0. The summed E-state index contributed by atoms with van der Waals surface area (Å²) in [6.07, 6.45) is 8.34. The minimum atomic E-state index is -0.0138. The number of carbonyl (C=O) groups is 1. The van der Waals surface area contributed by atoms with Crippen LogP contribution in [0, 0.1) is 23.7 Å². The second kappa shape index (κ2) is 6.08. The van der Waals surface area contributed by atoms with E-state index in [-0.39, 0.29) is 17.9 Å². The highest BCUT2D eigenvalue weighted by molar-refractivity contribution is 5.81. The van der Waals surface area contributed by atoms with Crippen molar-refractivity contribution >= 4 is 5.91 Å². The number of hydrogen-bond donors (Lipinski definition) is 2. The van der Waals surface area contributed by atoms with Gasteiger partial charge in [0, 0.05) is 12.1 Å².